The van der Waals surface area contributed by atoms with E-state index in [2.05, 4.69) is 10.6 Å². The summed E-state index contributed by atoms with van der Waals surface area (Å²) >= 11 is 0. The van der Waals surface area contributed by atoms with Crippen molar-refractivity contribution in [3.8, 4) is 0 Å². The van der Waals surface area contributed by atoms with E-state index in [1.807, 2.05) is 13.0 Å². The highest BCUT2D eigenvalue weighted by atomic mass is 16.2. The highest BCUT2D eigenvalue weighted by molar-refractivity contribution is 6.04. The molecule has 2 amide bonds. The SMILES string of the molecule is CNC(=O)/C=C/C(=O)Nc1ccc(C)cc1N. The van der Waals surface area contributed by atoms with Gasteiger partial charge in [-0.05, 0) is 24.6 Å². The first kappa shape index (κ1) is 12.8. The van der Waals surface area contributed by atoms with E-state index in [4.69, 9.17) is 5.73 Å². The molecule has 90 valence electrons. The summed E-state index contributed by atoms with van der Waals surface area (Å²) in [5.41, 5.74) is 7.77. The molecule has 5 heteroatoms. The lowest BCUT2D eigenvalue weighted by atomic mass is 10.2. The Balaban J connectivity index is 2.68. The molecular weight excluding hydrogens is 218 g/mol. The Morgan fingerprint density at radius 1 is 1.24 bits per heavy atom. The number of aryl methyl sites for hydroxylation is 1. The molecular formula is C12H15N3O2. The molecule has 5 nitrogen and oxygen atoms in total. The minimum atomic E-state index is -0.399. The maximum absolute atomic E-state index is 11.4. The Hall–Kier alpha value is -2.30. The molecule has 0 heterocycles. The number of amides is 2. The van der Waals surface area contributed by atoms with Crippen molar-refractivity contribution in [3.05, 3.63) is 35.9 Å². The van der Waals surface area contributed by atoms with E-state index in [1.54, 1.807) is 12.1 Å². The van der Waals surface area contributed by atoms with Crippen LogP contribution in [0.4, 0.5) is 11.4 Å². The van der Waals surface area contributed by atoms with Crippen LogP contribution in [-0.2, 0) is 9.59 Å². The molecule has 0 atom stereocenters. The largest absolute Gasteiger partial charge is 0.397 e. The number of nitrogens with two attached hydrogens (primary N) is 1. The third kappa shape index (κ3) is 3.98. The summed E-state index contributed by atoms with van der Waals surface area (Å²) in [6, 6.07) is 5.32. The number of nitrogen functional groups attached to an aromatic ring is 1. The van der Waals surface area contributed by atoms with Gasteiger partial charge in [-0.3, -0.25) is 9.59 Å². The van der Waals surface area contributed by atoms with Gasteiger partial charge in [0, 0.05) is 19.2 Å². The van der Waals surface area contributed by atoms with E-state index >= 15 is 0 Å². The highest BCUT2D eigenvalue weighted by Gasteiger charge is 2.02. The summed E-state index contributed by atoms with van der Waals surface area (Å²) in [4.78, 5) is 22.3. The van der Waals surface area contributed by atoms with Crippen molar-refractivity contribution >= 4 is 23.2 Å². The molecule has 0 bridgehead atoms. The zero-order chi connectivity index (χ0) is 12.8. The van der Waals surface area contributed by atoms with Crippen molar-refractivity contribution in [2.45, 2.75) is 6.92 Å². The average Bonchev–Trinajstić information content (AvgIpc) is 2.29. The van der Waals surface area contributed by atoms with Crippen molar-refractivity contribution in [1.82, 2.24) is 5.32 Å². The molecule has 0 aliphatic heterocycles. The second-order valence-electron chi connectivity index (χ2n) is 3.53. The Morgan fingerprint density at radius 2 is 1.88 bits per heavy atom. The summed E-state index contributed by atoms with van der Waals surface area (Å²) in [5, 5.41) is 4.96. The van der Waals surface area contributed by atoms with Gasteiger partial charge in [0.25, 0.3) is 0 Å². The van der Waals surface area contributed by atoms with Gasteiger partial charge in [-0.15, -0.1) is 0 Å². The van der Waals surface area contributed by atoms with Gasteiger partial charge in [-0.1, -0.05) is 6.07 Å². The predicted molar refractivity (Wildman–Crippen MR) is 67.4 cm³/mol. The number of hydrogen-bond donors (Lipinski definition) is 3. The van der Waals surface area contributed by atoms with E-state index in [0.29, 0.717) is 11.4 Å². The van der Waals surface area contributed by atoms with Crippen molar-refractivity contribution in [2.24, 2.45) is 0 Å². The van der Waals surface area contributed by atoms with Gasteiger partial charge in [0.15, 0.2) is 0 Å². The van der Waals surface area contributed by atoms with Crippen molar-refractivity contribution in [2.75, 3.05) is 18.1 Å². The van der Waals surface area contributed by atoms with Gasteiger partial charge in [0.05, 0.1) is 11.4 Å². The molecule has 0 unspecified atom stereocenters. The van der Waals surface area contributed by atoms with Crippen LogP contribution in [0.3, 0.4) is 0 Å². The third-order valence-corrected chi connectivity index (χ3v) is 2.10. The third-order valence-electron chi connectivity index (χ3n) is 2.10. The maximum atomic E-state index is 11.4. The number of benzene rings is 1. The van der Waals surface area contributed by atoms with Crippen LogP contribution in [0.5, 0.6) is 0 Å². The standard InChI is InChI=1S/C12H15N3O2/c1-8-3-4-10(9(13)7-8)15-12(17)6-5-11(16)14-2/h3-7H,13H2,1-2H3,(H,14,16)(H,15,17)/b6-5+. The number of anilines is 2. The fourth-order valence-electron chi connectivity index (χ4n) is 1.21. The molecule has 1 aromatic carbocycles. The van der Waals surface area contributed by atoms with Crippen molar-refractivity contribution in [3.63, 3.8) is 0 Å². The lowest BCUT2D eigenvalue weighted by Gasteiger charge is -2.06. The first-order chi connectivity index (χ1) is 8.02. The van der Waals surface area contributed by atoms with Gasteiger partial charge >= 0.3 is 0 Å². The molecule has 0 saturated carbocycles. The van der Waals surface area contributed by atoms with Crippen LogP contribution in [0.1, 0.15) is 5.56 Å². The molecule has 0 aliphatic carbocycles. The lowest BCUT2D eigenvalue weighted by Crippen LogP contribution is -2.16. The topological polar surface area (TPSA) is 84.2 Å². The average molecular weight is 233 g/mol. The first-order valence-corrected chi connectivity index (χ1v) is 5.10. The quantitative estimate of drug-likeness (QED) is 0.533. The fourth-order valence-corrected chi connectivity index (χ4v) is 1.21. The van der Waals surface area contributed by atoms with Gasteiger partial charge < -0.3 is 16.4 Å². The van der Waals surface area contributed by atoms with E-state index in [9.17, 15) is 9.59 Å². The molecule has 4 N–H and O–H groups in total. The Bertz CT molecular complexity index is 467. The second kappa shape index (κ2) is 5.69. The minimum absolute atomic E-state index is 0.336. The van der Waals surface area contributed by atoms with Gasteiger partial charge in [0.1, 0.15) is 0 Å². The second-order valence-corrected chi connectivity index (χ2v) is 3.53. The van der Waals surface area contributed by atoms with Crippen molar-refractivity contribution in [1.29, 1.82) is 0 Å². The molecule has 0 radical (unpaired) electrons. The van der Waals surface area contributed by atoms with Gasteiger partial charge in [0.2, 0.25) is 11.8 Å². The lowest BCUT2D eigenvalue weighted by molar-refractivity contribution is -0.117. The summed E-state index contributed by atoms with van der Waals surface area (Å²) in [6.07, 6.45) is 2.30. The predicted octanol–water partition coefficient (Wildman–Crippen LogP) is 0.818. The van der Waals surface area contributed by atoms with Crippen molar-refractivity contribution < 1.29 is 9.59 Å². The molecule has 0 saturated heterocycles. The summed E-state index contributed by atoms with van der Waals surface area (Å²) in [5.74, 6) is -0.735. The van der Waals surface area contributed by atoms with Crippen LogP contribution in [0.25, 0.3) is 0 Å². The summed E-state index contributed by atoms with van der Waals surface area (Å²) in [6.45, 7) is 1.91. The molecule has 17 heavy (non-hydrogen) atoms. The number of rotatable bonds is 3. The normalized spacial score (nSPS) is 10.2. The van der Waals surface area contributed by atoms with Crippen LogP contribution >= 0.6 is 0 Å². The fraction of sp³-hybridized carbons (Fsp3) is 0.167. The monoisotopic (exact) mass is 233 g/mol. The number of nitrogens with one attached hydrogen (secondary N) is 2. The Labute approximate surface area is 99.7 Å². The van der Waals surface area contributed by atoms with E-state index < -0.39 is 5.91 Å². The van der Waals surface area contributed by atoms with Gasteiger partial charge in [-0.2, -0.15) is 0 Å². The van der Waals surface area contributed by atoms with Crippen LogP contribution in [0, 0.1) is 6.92 Å². The molecule has 0 aliphatic rings. The molecule has 1 rings (SSSR count). The van der Waals surface area contributed by atoms with E-state index in [1.165, 1.54) is 7.05 Å². The molecule has 0 spiro atoms. The van der Waals surface area contributed by atoms with E-state index in [-0.39, 0.29) is 5.91 Å². The van der Waals surface area contributed by atoms with Gasteiger partial charge in [-0.25, -0.2) is 0 Å². The number of likely N-dealkylation sites (N-methyl/N-ethyl adjacent to an activating group) is 1. The number of carbonyl (C=O) groups is 2. The summed E-state index contributed by atoms with van der Waals surface area (Å²) < 4.78 is 0. The van der Waals surface area contributed by atoms with Crippen LogP contribution in [0.2, 0.25) is 0 Å². The zero-order valence-corrected chi connectivity index (χ0v) is 9.78. The smallest absolute Gasteiger partial charge is 0.248 e. The van der Waals surface area contributed by atoms with Crippen LogP contribution in [-0.4, -0.2) is 18.9 Å². The molecule has 1 aromatic rings. The van der Waals surface area contributed by atoms with Crippen LogP contribution in [0.15, 0.2) is 30.4 Å². The number of carbonyl (C=O) groups excluding carboxylic acids is 2. The maximum Gasteiger partial charge on any atom is 0.248 e. The van der Waals surface area contributed by atoms with Crippen LogP contribution < -0.4 is 16.4 Å². The number of hydrogen-bond acceptors (Lipinski definition) is 3. The summed E-state index contributed by atoms with van der Waals surface area (Å²) in [7, 11) is 1.49. The zero-order valence-electron chi connectivity index (χ0n) is 9.78. The first-order valence-electron chi connectivity index (χ1n) is 5.10. The minimum Gasteiger partial charge on any atom is -0.397 e. The Morgan fingerprint density at radius 3 is 2.47 bits per heavy atom. The highest BCUT2D eigenvalue weighted by Crippen LogP contribution is 2.19. The molecule has 0 fully saturated rings. The van der Waals surface area contributed by atoms with E-state index in [0.717, 1.165) is 17.7 Å². The Kier molecular flexibility index (Phi) is 4.28. The molecule has 0 aromatic heterocycles.